The van der Waals surface area contributed by atoms with E-state index in [9.17, 15) is 4.39 Å². The van der Waals surface area contributed by atoms with Gasteiger partial charge in [-0.05, 0) is 31.2 Å². The summed E-state index contributed by atoms with van der Waals surface area (Å²) in [5, 5.41) is 6.94. The predicted molar refractivity (Wildman–Crippen MR) is 64.6 cm³/mol. The summed E-state index contributed by atoms with van der Waals surface area (Å²) in [5.74, 6) is -0.284. The van der Waals surface area contributed by atoms with Gasteiger partial charge in [0, 0.05) is 11.3 Å². The molecule has 0 aliphatic carbocycles. The summed E-state index contributed by atoms with van der Waals surface area (Å²) < 4.78 is 12.8. The normalized spacial score (nSPS) is 10.4. The van der Waals surface area contributed by atoms with E-state index in [1.54, 1.807) is 12.1 Å². The summed E-state index contributed by atoms with van der Waals surface area (Å²) in [5.41, 5.74) is 8.59. The van der Waals surface area contributed by atoms with Crippen molar-refractivity contribution in [3.63, 3.8) is 0 Å². The molecule has 0 saturated heterocycles. The molecule has 1 aromatic heterocycles. The molecular weight excluding hydrogens is 225 g/mol. The van der Waals surface area contributed by atoms with Crippen molar-refractivity contribution >= 4 is 17.2 Å². The van der Waals surface area contributed by atoms with Gasteiger partial charge in [0.05, 0.1) is 5.56 Å². The van der Waals surface area contributed by atoms with E-state index in [-0.39, 0.29) is 10.8 Å². The van der Waals surface area contributed by atoms with Crippen LogP contribution in [0.2, 0.25) is 0 Å². The molecule has 0 bridgehead atoms. The molecule has 0 unspecified atom stereocenters. The summed E-state index contributed by atoms with van der Waals surface area (Å²) in [6.45, 7) is 1.84. The van der Waals surface area contributed by atoms with Gasteiger partial charge in [0.2, 0.25) is 0 Å². The minimum absolute atomic E-state index is 0.283. The largest absolute Gasteiger partial charge is 0.389 e. The monoisotopic (exact) mass is 235 g/mol. The van der Waals surface area contributed by atoms with Gasteiger partial charge >= 0.3 is 0 Å². The fraction of sp³-hybridized carbons (Fsp3) is 0.0909. The van der Waals surface area contributed by atoms with E-state index in [4.69, 9.17) is 18.0 Å². The molecule has 0 fully saturated rings. The lowest BCUT2D eigenvalue weighted by Crippen LogP contribution is -2.11. The molecule has 0 saturated carbocycles. The molecule has 16 heavy (non-hydrogen) atoms. The van der Waals surface area contributed by atoms with E-state index in [0.717, 1.165) is 11.3 Å². The van der Waals surface area contributed by atoms with Crippen molar-refractivity contribution in [3.8, 4) is 11.3 Å². The SMILES string of the molecule is Cc1[nH]nc(-c2ccc(F)cc2)c1C(N)=S. The Kier molecular flexibility index (Phi) is 2.70. The lowest BCUT2D eigenvalue weighted by atomic mass is 10.1. The zero-order valence-electron chi connectivity index (χ0n) is 8.62. The van der Waals surface area contributed by atoms with E-state index >= 15 is 0 Å². The number of benzene rings is 1. The minimum Gasteiger partial charge on any atom is -0.389 e. The molecule has 0 spiro atoms. The third-order valence-electron chi connectivity index (χ3n) is 2.31. The highest BCUT2D eigenvalue weighted by atomic mass is 32.1. The van der Waals surface area contributed by atoms with Crippen LogP contribution in [0.5, 0.6) is 0 Å². The van der Waals surface area contributed by atoms with Gasteiger partial charge in [-0.25, -0.2) is 4.39 Å². The number of rotatable bonds is 2. The summed E-state index contributed by atoms with van der Waals surface area (Å²) in [4.78, 5) is 0.283. The number of thiocarbonyl (C=S) groups is 1. The van der Waals surface area contributed by atoms with Crippen molar-refractivity contribution < 1.29 is 4.39 Å². The minimum atomic E-state index is -0.284. The van der Waals surface area contributed by atoms with Crippen molar-refractivity contribution in [1.29, 1.82) is 0 Å². The summed E-state index contributed by atoms with van der Waals surface area (Å²) in [6.07, 6.45) is 0. The van der Waals surface area contributed by atoms with Gasteiger partial charge in [-0.2, -0.15) is 5.10 Å². The van der Waals surface area contributed by atoms with Gasteiger partial charge < -0.3 is 5.73 Å². The highest BCUT2D eigenvalue weighted by Gasteiger charge is 2.14. The molecule has 0 aliphatic rings. The van der Waals surface area contributed by atoms with Gasteiger partial charge in [-0.1, -0.05) is 12.2 Å². The molecule has 1 aromatic carbocycles. The number of nitrogens with two attached hydrogens (primary N) is 1. The number of H-pyrrole nitrogens is 1. The van der Waals surface area contributed by atoms with Crippen LogP contribution in [0, 0.1) is 12.7 Å². The molecule has 0 atom stereocenters. The van der Waals surface area contributed by atoms with Gasteiger partial charge in [-0.3, -0.25) is 5.10 Å². The molecule has 0 radical (unpaired) electrons. The summed E-state index contributed by atoms with van der Waals surface area (Å²) >= 11 is 4.96. The summed E-state index contributed by atoms with van der Waals surface area (Å²) in [6, 6.07) is 6.05. The van der Waals surface area contributed by atoms with E-state index in [1.807, 2.05) is 6.92 Å². The maximum absolute atomic E-state index is 12.8. The Labute approximate surface area is 97.5 Å². The number of hydrogen-bond acceptors (Lipinski definition) is 2. The Morgan fingerprint density at radius 3 is 2.56 bits per heavy atom. The smallest absolute Gasteiger partial charge is 0.123 e. The topological polar surface area (TPSA) is 54.7 Å². The Balaban J connectivity index is 2.56. The maximum atomic E-state index is 12.8. The van der Waals surface area contributed by atoms with Crippen molar-refractivity contribution in [2.45, 2.75) is 6.92 Å². The maximum Gasteiger partial charge on any atom is 0.123 e. The van der Waals surface area contributed by atoms with Crippen LogP contribution in [0.15, 0.2) is 24.3 Å². The lowest BCUT2D eigenvalue weighted by Gasteiger charge is -2.01. The molecular formula is C11H10FN3S. The zero-order chi connectivity index (χ0) is 11.7. The Bertz CT molecular complexity index is 531. The second kappa shape index (κ2) is 4.02. The van der Waals surface area contributed by atoms with Crippen molar-refractivity contribution in [2.75, 3.05) is 0 Å². The standard InChI is InChI=1S/C11H10FN3S/c1-6-9(11(13)16)10(15-14-6)7-2-4-8(12)5-3-7/h2-5H,1H3,(H2,13,16)(H,14,15). The van der Waals surface area contributed by atoms with Crippen LogP contribution in [0.4, 0.5) is 4.39 Å². The number of nitrogens with zero attached hydrogens (tertiary/aromatic N) is 1. The number of aromatic nitrogens is 2. The third kappa shape index (κ3) is 1.81. The van der Waals surface area contributed by atoms with E-state index < -0.39 is 0 Å². The first-order valence-corrected chi connectivity index (χ1v) is 5.11. The average Bonchev–Trinajstić information content (AvgIpc) is 2.61. The first-order valence-electron chi connectivity index (χ1n) is 4.70. The predicted octanol–water partition coefficient (Wildman–Crippen LogP) is 2.16. The van der Waals surface area contributed by atoms with Crippen LogP contribution in [-0.2, 0) is 0 Å². The third-order valence-corrected chi connectivity index (χ3v) is 2.52. The number of aryl methyl sites for hydroxylation is 1. The second-order valence-electron chi connectivity index (χ2n) is 3.44. The van der Waals surface area contributed by atoms with E-state index in [2.05, 4.69) is 10.2 Å². The first-order chi connectivity index (χ1) is 7.59. The highest BCUT2D eigenvalue weighted by molar-refractivity contribution is 7.80. The molecule has 82 valence electrons. The Morgan fingerprint density at radius 2 is 2.00 bits per heavy atom. The van der Waals surface area contributed by atoms with Crippen LogP contribution in [0.1, 0.15) is 11.3 Å². The van der Waals surface area contributed by atoms with Crippen LogP contribution < -0.4 is 5.73 Å². The van der Waals surface area contributed by atoms with E-state index in [1.165, 1.54) is 12.1 Å². The molecule has 3 N–H and O–H groups in total. The summed E-state index contributed by atoms with van der Waals surface area (Å²) in [7, 11) is 0. The number of halogens is 1. The van der Waals surface area contributed by atoms with Crippen molar-refractivity contribution in [1.82, 2.24) is 10.2 Å². The number of hydrogen-bond donors (Lipinski definition) is 2. The Morgan fingerprint density at radius 1 is 1.38 bits per heavy atom. The van der Waals surface area contributed by atoms with Crippen LogP contribution in [0.3, 0.4) is 0 Å². The number of aromatic amines is 1. The fourth-order valence-corrected chi connectivity index (χ4v) is 1.80. The molecule has 5 heteroatoms. The van der Waals surface area contributed by atoms with Gasteiger partial charge in [0.1, 0.15) is 16.5 Å². The number of nitrogens with one attached hydrogen (secondary N) is 1. The van der Waals surface area contributed by atoms with Crippen molar-refractivity contribution in [2.24, 2.45) is 5.73 Å². The van der Waals surface area contributed by atoms with Crippen LogP contribution in [0.25, 0.3) is 11.3 Å². The van der Waals surface area contributed by atoms with Crippen LogP contribution >= 0.6 is 12.2 Å². The van der Waals surface area contributed by atoms with E-state index in [0.29, 0.717) is 11.3 Å². The zero-order valence-corrected chi connectivity index (χ0v) is 9.44. The molecule has 0 amide bonds. The lowest BCUT2D eigenvalue weighted by molar-refractivity contribution is 0.628. The molecule has 1 heterocycles. The van der Waals surface area contributed by atoms with Crippen molar-refractivity contribution in [3.05, 3.63) is 41.3 Å². The Hall–Kier alpha value is -1.75. The quantitative estimate of drug-likeness (QED) is 0.784. The molecule has 3 nitrogen and oxygen atoms in total. The molecule has 2 aromatic rings. The highest BCUT2D eigenvalue weighted by Crippen LogP contribution is 2.23. The fourth-order valence-electron chi connectivity index (χ4n) is 1.55. The first kappa shape index (κ1) is 10.8. The van der Waals surface area contributed by atoms with Crippen LogP contribution in [-0.4, -0.2) is 15.2 Å². The molecule has 2 rings (SSSR count). The van der Waals surface area contributed by atoms with Gasteiger partial charge in [0.15, 0.2) is 0 Å². The molecule has 0 aliphatic heterocycles. The average molecular weight is 235 g/mol. The second-order valence-corrected chi connectivity index (χ2v) is 3.88. The van der Waals surface area contributed by atoms with Gasteiger partial charge in [-0.15, -0.1) is 0 Å². The van der Waals surface area contributed by atoms with Gasteiger partial charge in [0.25, 0.3) is 0 Å².